The lowest BCUT2D eigenvalue weighted by Crippen LogP contribution is -2.30. The molecule has 3 aromatic rings. The van der Waals surface area contributed by atoms with Crippen molar-refractivity contribution in [1.82, 2.24) is 0 Å². The van der Waals surface area contributed by atoms with Gasteiger partial charge in [0.05, 0.1) is 0 Å². The Morgan fingerprint density at radius 3 is 1.00 bits per heavy atom. The molecule has 2 aliphatic rings. The van der Waals surface area contributed by atoms with Crippen molar-refractivity contribution in [2.75, 3.05) is 0 Å². The minimum atomic E-state index is -0.317. The van der Waals surface area contributed by atoms with Crippen LogP contribution in [0.15, 0.2) is 89.1 Å². The molecule has 5 rings (SSSR count). The fourth-order valence-electron chi connectivity index (χ4n) is 7.04. The summed E-state index contributed by atoms with van der Waals surface area (Å²) in [6, 6.07) is 15.6. The van der Waals surface area contributed by atoms with Gasteiger partial charge in [-0.25, -0.2) is 0 Å². The normalized spacial score (nSPS) is 17.1. The summed E-state index contributed by atoms with van der Waals surface area (Å²) in [6.45, 7) is 32.4. The number of allylic oxidation sites excluding steroid dienone is 8. The van der Waals surface area contributed by atoms with Crippen molar-refractivity contribution in [3.8, 4) is 0 Å². The largest absolute Gasteiger partial charge is 0.289 e. The summed E-state index contributed by atoms with van der Waals surface area (Å²) < 4.78 is 0. The Hall–Kier alpha value is -3.78. The smallest absolute Gasteiger partial charge is 0.186 e. The molecule has 2 aliphatic carbocycles. The summed E-state index contributed by atoms with van der Waals surface area (Å²) >= 11 is 0. The molecule has 0 unspecified atom stereocenters. The predicted molar refractivity (Wildman–Crippen MR) is 206 cm³/mol. The van der Waals surface area contributed by atoms with E-state index in [4.69, 9.17) is 0 Å². The quantitative estimate of drug-likeness (QED) is 0.229. The van der Waals surface area contributed by atoms with Gasteiger partial charge < -0.3 is 0 Å². The van der Waals surface area contributed by atoms with Gasteiger partial charge in [-0.1, -0.05) is 140 Å². The van der Waals surface area contributed by atoms with Gasteiger partial charge in [-0.15, -0.1) is 0 Å². The first-order valence-corrected chi connectivity index (χ1v) is 17.5. The molecular formula is C46H56O2. The van der Waals surface area contributed by atoms with Gasteiger partial charge in [-0.2, -0.15) is 0 Å². The summed E-state index contributed by atoms with van der Waals surface area (Å²) in [7, 11) is 0. The van der Waals surface area contributed by atoms with Gasteiger partial charge in [0.2, 0.25) is 0 Å². The highest BCUT2D eigenvalue weighted by molar-refractivity contribution is 6.17. The van der Waals surface area contributed by atoms with E-state index < -0.39 is 0 Å². The topological polar surface area (TPSA) is 34.1 Å². The molecule has 48 heavy (non-hydrogen) atoms. The van der Waals surface area contributed by atoms with E-state index in [2.05, 4.69) is 171 Å². The zero-order chi connectivity index (χ0) is 35.9. The van der Waals surface area contributed by atoms with Crippen LogP contribution < -0.4 is 10.4 Å². The number of benzene rings is 3. The standard InChI is InChI=1S/C46H56O2/c1-42(2,3)29-20-21-32-33(26-29)39(28-24-36(45(10,11)12)41(48)37(25-28)46(13,14)15)31-19-17-16-18-30(31)38(32)27-22-34(43(4,5)6)40(47)35(23-27)44(7,8)9/h16-26H,1-15H3. The molecule has 0 bridgehead atoms. The van der Waals surface area contributed by atoms with Crippen LogP contribution in [0.3, 0.4) is 0 Å². The third-order valence-electron chi connectivity index (χ3n) is 9.88. The molecule has 0 aromatic heterocycles. The molecule has 0 spiro atoms. The number of Topliss-reactive ketones (excluding diaryl/α,β-unsaturated/α-hetero) is 2. The van der Waals surface area contributed by atoms with E-state index in [1.54, 1.807) is 0 Å². The highest BCUT2D eigenvalue weighted by Gasteiger charge is 2.36. The Labute approximate surface area is 289 Å². The van der Waals surface area contributed by atoms with Crippen molar-refractivity contribution in [1.29, 1.82) is 0 Å². The number of carbonyl (C=O) groups is 2. The lowest BCUT2D eigenvalue weighted by atomic mass is 9.71. The number of carbonyl (C=O) groups excluding carboxylic acids is 2. The Morgan fingerprint density at radius 2 is 0.688 bits per heavy atom. The second-order valence-corrected chi connectivity index (χ2v) is 19.1. The fourth-order valence-corrected chi connectivity index (χ4v) is 7.04. The number of hydrogen-bond donors (Lipinski definition) is 0. The molecule has 0 saturated carbocycles. The first-order valence-electron chi connectivity index (χ1n) is 17.5. The number of ketones is 2. The Bertz CT molecular complexity index is 2060. The zero-order valence-electron chi connectivity index (χ0n) is 32.2. The molecule has 2 nitrogen and oxygen atoms in total. The molecule has 0 radical (unpaired) electrons. The number of fused-ring (bicyclic) bond motifs is 2. The SMILES string of the molecule is CC(C)(C)C1=CC(=c2c3ccccc3c(=C3C=C(C(C)(C)C)C(=O)C(C(C)(C)C)=C3)c3cc(C(C)(C)C)ccc23)C=C(C(C)(C)C)C1=O. The second-order valence-electron chi connectivity index (χ2n) is 19.1. The van der Waals surface area contributed by atoms with Crippen molar-refractivity contribution < 1.29 is 9.59 Å². The highest BCUT2D eigenvalue weighted by atomic mass is 16.1. The average Bonchev–Trinajstić information content (AvgIpc) is 2.93. The molecule has 252 valence electrons. The molecular weight excluding hydrogens is 585 g/mol. The summed E-state index contributed by atoms with van der Waals surface area (Å²) in [5, 5.41) is 6.89. The number of rotatable bonds is 0. The highest BCUT2D eigenvalue weighted by Crippen LogP contribution is 2.41. The minimum Gasteiger partial charge on any atom is -0.289 e. The van der Waals surface area contributed by atoms with Crippen LogP contribution >= 0.6 is 0 Å². The van der Waals surface area contributed by atoms with Gasteiger partial charge >= 0.3 is 0 Å². The lowest BCUT2D eigenvalue weighted by molar-refractivity contribution is -0.114. The maximum Gasteiger partial charge on any atom is 0.186 e. The van der Waals surface area contributed by atoms with Gasteiger partial charge in [0, 0.05) is 22.3 Å². The number of hydrogen-bond acceptors (Lipinski definition) is 2. The van der Waals surface area contributed by atoms with Crippen molar-refractivity contribution in [3.05, 3.63) is 105 Å². The molecule has 0 aliphatic heterocycles. The molecule has 2 heteroatoms. The average molecular weight is 641 g/mol. The fraction of sp³-hybridized carbons (Fsp3) is 0.435. The van der Waals surface area contributed by atoms with E-state index in [1.807, 2.05) is 0 Å². The van der Waals surface area contributed by atoms with Gasteiger partial charge in [-0.05, 0) is 106 Å². The molecule has 0 saturated heterocycles. The van der Waals surface area contributed by atoms with E-state index >= 15 is 0 Å². The zero-order valence-corrected chi connectivity index (χ0v) is 32.2. The van der Waals surface area contributed by atoms with Crippen LogP contribution in [0.5, 0.6) is 0 Å². The first kappa shape index (κ1) is 35.5. The van der Waals surface area contributed by atoms with Crippen molar-refractivity contribution in [2.45, 2.75) is 109 Å². The van der Waals surface area contributed by atoms with E-state index in [0.717, 1.165) is 65.4 Å². The Kier molecular flexibility index (Phi) is 8.43. The molecule has 0 fully saturated rings. The van der Waals surface area contributed by atoms with E-state index in [1.165, 1.54) is 5.56 Å². The molecule has 0 atom stereocenters. The molecule has 0 amide bonds. The van der Waals surface area contributed by atoms with Crippen LogP contribution in [-0.4, -0.2) is 11.6 Å². The van der Waals surface area contributed by atoms with Crippen molar-refractivity contribution >= 4 is 44.3 Å². The third kappa shape index (κ3) is 6.36. The maximum atomic E-state index is 14.0. The molecule has 0 heterocycles. The van der Waals surface area contributed by atoms with Gasteiger partial charge in [0.15, 0.2) is 11.6 Å². The third-order valence-corrected chi connectivity index (χ3v) is 9.88. The summed E-state index contributed by atoms with van der Waals surface area (Å²) in [6.07, 6.45) is 8.61. The van der Waals surface area contributed by atoms with Gasteiger partial charge in [-0.3, -0.25) is 9.59 Å². The van der Waals surface area contributed by atoms with E-state index in [-0.39, 0.29) is 38.6 Å². The van der Waals surface area contributed by atoms with E-state index in [0.29, 0.717) is 0 Å². The van der Waals surface area contributed by atoms with Crippen LogP contribution in [0.2, 0.25) is 0 Å². The van der Waals surface area contributed by atoms with Crippen LogP contribution in [0.1, 0.15) is 109 Å². The van der Waals surface area contributed by atoms with Crippen molar-refractivity contribution in [2.24, 2.45) is 21.7 Å². The minimum absolute atomic E-state index is 0.0632. The van der Waals surface area contributed by atoms with Crippen LogP contribution in [-0.2, 0) is 15.0 Å². The predicted octanol–water partition coefficient (Wildman–Crippen LogP) is 10.6. The van der Waals surface area contributed by atoms with Crippen molar-refractivity contribution in [3.63, 3.8) is 0 Å². The maximum absolute atomic E-state index is 14.0. The van der Waals surface area contributed by atoms with Gasteiger partial charge in [0.1, 0.15) is 0 Å². The summed E-state index contributed by atoms with van der Waals surface area (Å²) in [5.41, 5.74) is 5.44. The monoisotopic (exact) mass is 640 g/mol. The second kappa shape index (κ2) is 11.4. The molecule has 0 N–H and O–H groups in total. The van der Waals surface area contributed by atoms with E-state index in [9.17, 15) is 9.59 Å². The molecule has 3 aromatic carbocycles. The van der Waals surface area contributed by atoms with Crippen LogP contribution in [0.25, 0.3) is 32.7 Å². The van der Waals surface area contributed by atoms with Crippen LogP contribution in [0.4, 0.5) is 0 Å². The Morgan fingerprint density at radius 1 is 0.375 bits per heavy atom. The lowest BCUT2D eigenvalue weighted by Gasteiger charge is -2.32. The summed E-state index contributed by atoms with van der Waals surface area (Å²) in [5.74, 6) is 0.280. The Balaban J connectivity index is 2.17. The summed E-state index contributed by atoms with van der Waals surface area (Å²) in [4.78, 5) is 28.0. The van der Waals surface area contributed by atoms with Crippen LogP contribution in [0, 0.1) is 21.7 Å². The van der Waals surface area contributed by atoms with Gasteiger partial charge in [0.25, 0.3) is 0 Å². The first-order chi connectivity index (χ1) is 21.8.